The Kier molecular flexibility index (Phi) is 5.44. The molecule has 4 rings (SSSR count). The number of hydrogen-bond donors (Lipinski definition) is 0. The second-order valence-corrected chi connectivity index (χ2v) is 6.17. The van der Waals surface area contributed by atoms with Crippen molar-refractivity contribution in [3.8, 4) is 17.5 Å². The smallest absolute Gasteiger partial charge is 0.357 e. The summed E-state index contributed by atoms with van der Waals surface area (Å²) in [5.74, 6) is 0.153. The zero-order valence-electron chi connectivity index (χ0n) is 15.7. The standard InChI is InChI=1S/C22H15N5O3/c23-14-17-9-4-5-10-18(17)15-30-22(28)20(13-19-11-6-12-29-19)27-21(24-25-26-27)16-7-2-1-3-8-16/h1-13H,15H2/b20-13+. The van der Waals surface area contributed by atoms with Crippen molar-refractivity contribution < 1.29 is 13.9 Å². The maximum atomic E-state index is 13.0. The molecule has 8 heteroatoms. The van der Waals surface area contributed by atoms with E-state index in [1.165, 1.54) is 17.0 Å². The predicted molar refractivity (Wildman–Crippen MR) is 107 cm³/mol. The summed E-state index contributed by atoms with van der Waals surface area (Å²) in [6.45, 7) is -0.0686. The second kappa shape index (κ2) is 8.67. The van der Waals surface area contributed by atoms with Gasteiger partial charge in [0.15, 0.2) is 11.5 Å². The Bertz CT molecular complexity index is 1220. The lowest BCUT2D eigenvalue weighted by Crippen LogP contribution is -2.15. The number of rotatable bonds is 6. The lowest BCUT2D eigenvalue weighted by Gasteiger charge is -2.10. The summed E-state index contributed by atoms with van der Waals surface area (Å²) in [5, 5.41) is 21.0. The number of benzene rings is 2. The maximum absolute atomic E-state index is 13.0. The lowest BCUT2D eigenvalue weighted by molar-refractivity contribution is -0.138. The third-order valence-electron chi connectivity index (χ3n) is 4.26. The molecule has 0 spiro atoms. The minimum atomic E-state index is -0.663. The predicted octanol–water partition coefficient (Wildman–Crippen LogP) is 3.55. The van der Waals surface area contributed by atoms with Crippen molar-refractivity contribution in [2.45, 2.75) is 6.61 Å². The van der Waals surface area contributed by atoms with E-state index < -0.39 is 5.97 Å². The number of tetrazole rings is 1. The van der Waals surface area contributed by atoms with Crippen molar-refractivity contribution in [3.63, 3.8) is 0 Å². The van der Waals surface area contributed by atoms with Crippen LogP contribution in [-0.2, 0) is 16.1 Å². The molecule has 0 radical (unpaired) electrons. The first-order chi connectivity index (χ1) is 14.8. The van der Waals surface area contributed by atoms with E-state index in [0.29, 0.717) is 22.7 Å². The molecule has 0 amide bonds. The van der Waals surface area contributed by atoms with E-state index in [2.05, 4.69) is 21.6 Å². The van der Waals surface area contributed by atoms with Gasteiger partial charge in [-0.2, -0.15) is 9.94 Å². The van der Waals surface area contributed by atoms with Gasteiger partial charge in [0.2, 0.25) is 0 Å². The molecule has 0 bridgehead atoms. The number of nitrogens with zero attached hydrogens (tertiary/aromatic N) is 5. The Morgan fingerprint density at radius 3 is 2.67 bits per heavy atom. The third-order valence-corrected chi connectivity index (χ3v) is 4.26. The monoisotopic (exact) mass is 397 g/mol. The Balaban J connectivity index is 1.68. The highest BCUT2D eigenvalue weighted by Crippen LogP contribution is 2.22. The summed E-state index contributed by atoms with van der Waals surface area (Å²) in [5.41, 5.74) is 1.85. The number of carbonyl (C=O) groups excluding carboxylic acids is 1. The fraction of sp³-hybridized carbons (Fsp3) is 0.0455. The van der Waals surface area contributed by atoms with E-state index >= 15 is 0 Å². The third kappa shape index (κ3) is 4.00. The minimum Gasteiger partial charge on any atom is -0.465 e. The van der Waals surface area contributed by atoms with Gasteiger partial charge in [0.25, 0.3) is 0 Å². The van der Waals surface area contributed by atoms with Gasteiger partial charge >= 0.3 is 5.97 Å². The number of nitriles is 1. The van der Waals surface area contributed by atoms with Gasteiger partial charge < -0.3 is 9.15 Å². The van der Waals surface area contributed by atoms with Crippen molar-refractivity contribution in [2.75, 3.05) is 0 Å². The fourth-order valence-electron chi connectivity index (χ4n) is 2.80. The second-order valence-electron chi connectivity index (χ2n) is 6.17. The molecule has 2 aromatic carbocycles. The summed E-state index contributed by atoms with van der Waals surface area (Å²) in [4.78, 5) is 13.0. The van der Waals surface area contributed by atoms with Crippen molar-refractivity contribution in [1.82, 2.24) is 20.2 Å². The van der Waals surface area contributed by atoms with Gasteiger partial charge in [-0.25, -0.2) is 4.79 Å². The van der Waals surface area contributed by atoms with Gasteiger partial charge in [0, 0.05) is 17.2 Å². The van der Waals surface area contributed by atoms with Crippen LogP contribution in [0.5, 0.6) is 0 Å². The Hall–Kier alpha value is -4.51. The molecule has 0 fully saturated rings. The molecule has 0 unspecified atom stereocenters. The SMILES string of the molecule is N#Cc1ccccc1COC(=O)/C(=C\c1ccco1)n1nnnc1-c1ccccc1. The molecule has 146 valence electrons. The zero-order chi connectivity index (χ0) is 20.8. The fourth-order valence-corrected chi connectivity index (χ4v) is 2.80. The molecule has 0 atom stereocenters. The van der Waals surface area contributed by atoms with Crippen molar-refractivity contribution >= 4 is 17.7 Å². The largest absolute Gasteiger partial charge is 0.465 e. The van der Waals surface area contributed by atoms with Crippen molar-refractivity contribution in [1.29, 1.82) is 5.26 Å². The number of ether oxygens (including phenoxy) is 1. The normalized spacial score (nSPS) is 11.1. The molecule has 4 aromatic rings. The average Bonchev–Trinajstić information content (AvgIpc) is 3.48. The van der Waals surface area contributed by atoms with Crippen LogP contribution in [0.15, 0.2) is 77.4 Å². The molecule has 0 saturated heterocycles. The lowest BCUT2D eigenvalue weighted by atomic mass is 10.1. The molecular weight excluding hydrogens is 382 g/mol. The van der Waals surface area contributed by atoms with Gasteiger partial charge in [0.1, 0.15) is 12.4 Å². The Labute approximate surface area is 171 Å². The highest BCUT2D eigenvalue weighted by Gasteiger charge is 2.21. The molecule has 0 aliphatic heterocycles. The van der Waals surface area contributed by atoms with E-state index in [9.17, 15) is 10.1 Å². The number of hydrogen-bond acceptors (Lipinski definition) is 7. The van der Waals surface area contributed by atoms with E-state index in [-0.39, 0.29) is 12.3 Å². The molecule has 0 aliphatic carbocycles. The van der Waals surface area contributed by atoms with Crippen LogP contribution in [0.2, 0.25) is 0 Å². The van der Waals surface area contributed by atoms with E-state index in [1.54, 1.807) is 36.4 Å². The number of aromatic nitrogens is 4. The summed E-state index contributed by atoms with van der Waals surface area (Å²) >= 11 is 0. The first-order valence-corrected chi connectivity index (χ1v) is 9.01. The molecule has 0 saturated carbocycles. The number of esters is 1. The van der Waals surface area contributed by atoms with Crippen LogP contribution in [-0.4, -0.2) is 26.2 Å². The average molecular weight is 397 g/mol. The zero-order valence-corrected chi connectivity index (χ0v) is 15.7. The molecule has 0 aliphatic rings. The molecule has 2 heterocycles. The van der Waals surface area contributed by atoms with Crippen molar-refractivity contribution in [2.24, 2.45) is 0 Å². The van der Waals surface area contributed by atoms with Crippen LogP contribution in [0.3, 0.4) is 0 Å². The van der Waals surface area contributed by atoms with Gasteiger partial charge in [-0.1, -0.05) is 48.5 Å². The van der Waals surface area contributed by atoms with Gasteiger partial charge in [-0.05, 0) is 28.6 Å². The highest BCUT2D eigenvalue weighted by atomic mass is 16.5. The minimum absolute atomic E-state index is 0.0686. The van der Waals surface area contributed by atoms with E-state index in [4.69, 9.17) is 9.15 Å². The van der Waals surface area contributed by atoms with Crippen molar-refractivity contribution in [3.05, 3.63) is 89.9 Å². The maximum Gasteiger partial charge on any atom is 0.357 e. The van der Waals surface area contributed by atoms with Crippen LogP contribution in [0.1, 0.15) is 16.9 Å². The Morgan fingerprint density at radius 2 is 1.90 bits per heavy atom. The molecular formula is C22H15N5O3. The first kappa shape index (κ1) is 18.8. The highest BCUT2D eigenvalue weighted by molar-refractivity contribution is 6.15. The summed E-state index contributed by atoms with van der Waals surface area (Å²) < 4.78 is 12.1. The van der Waals surface area contributed by atoms with Crippen LogP contribution in [0.25, 0.3) is 23.2 Å². The first-order valence-electron chi connectivity index (χ1n) is 9.01. The van der Waals surface area contributed by atoms with E-state index in [1.807, 2.05) is 30.3 Å². The Morgan fingerprint density at radius 1 is 1.10 bits per heavy atom. The molecule has 30 heavy (non-hydrogen) atoms. The topological polar surface area (TPSA) is 107 Å². The number of furan rings is 1. The van der Waals surface area contributed by atoms with Crippen LogP contribution < -0.4 is 0 Å². The van der Waals surface area contributed by atoms with E-state index in [0.717, 1.165) is 5.56 Å². The molecule has 0 N–H and O–H groups in total. The quantitative estimate of drug-likeness (QED) is 0.362. The summed E-state index contributed by atoms with van der Waals surface area (Å²) in [7, 11) is 0. The molecule has 8 nitrogen and oxygen atoms in total. The molecule has 2 aromatic heterocycles. The van der Waals surface area contributed by atoms with Gasteiger partial charge in [-0.3, -0.25) is 0 Å². The summed E-state index contributed by atoms with van der Waals surface area (Å²) in [6.07, 6.45) is 3.00. The number of carbonyl (C=O) groups is 1. The summed E-state index contributed by atoms with van der Waals surface area (Å²) in [6, 6.07) is 21.6. The van der Waals surface area contributed by atoms with Crippen LogP contribution >= 0.6 is 0 Å². The van der Waals surface area contributed by atoms with Gasteiger partial charge in [0.05, 0.1) is 17.9 Å². The van der Waals surface area contributed by atoms with Crippen LogP contribution in [0.4, 0.5) is 0 Å². The van der Waals surface area contributed by atoms with Gasteiger partial charge in [-0.15, -0.1) is 5.10 Å². The van der Waals surface area contributed by atoms with Crippen LogP contribution in [0, 0.1) is 11.3 Å².